The summed E-state index contributed by atoms with van der Waals surface area (Å²) in [6.45, 7) is 3.41. The monoisotopic (exact) mass is 382 g/mol. The largest absolute Gasteiger partial charge is 0.481 e. The molecule has 1 heterocycles. The Hall–Kier alpha value is -2.86. The van der Waals surface area contributed by atoms with Crippen molar-refractivity contribution in [3.05, 3.63) is 59.7 Å². The number of ether oxygens (including phenoxy) is 2. The number of fused-ring (bicyclic) bond motifs is 1. The molecular weight excluding hydrogens is 356 g/mol. The molecule has 0 bridgehead atoms. The molecule has 2 aromatic carbocycles. The van der Waals surface area contributed by atoms with Crippen LogP contribution in [0.1, 0.15) is 24.5 Å². The molecule has 6 heteroatoms. The van der Waals surface area contributed by atoms with Crippen LogP contribution in [0.4, 0.5) is 5.69 Å². The Morgan fingerprint density at radius 2 is 2.04 bits per heavy atom. The summed E-state index contributed by atoms with van der Waals surface area (Å²) in [6, 6.07) is 15.1. The summed E-state index contributed by atoms with van der Waals surface area (Å²) in [7, 11) is 1.65. The Labute approximate surface area is 165 Å². The zero-order valence-corrected chi connectivity index (χ0v) is 16.3. The van der Waals surface area contributed by atoms with Crippen LogP contribution in [0.3, 0.4) is 0 Å². The zero-order valence-electron chi connectivity index (χ0n) is 16.3. The minimum absolute atomic E-state index is 0.0398. The van der Waals surface area contributed by atoms with Crippen molar-refractivity contribution < 1.29 is 19.1 Å². The van der Waals surface area contributed by atoms with Crippen molar-refractivity contribution in [2.24, 2.45) is 0 Å². The number of benzene rings is 2. The number of rotatable bonds is 7. The van der Waals surface area contributed by atoms with Crippen LogP contribution < -0.4 is 10.1 Å². The van der Waals surface area contributed by atoms with E-state index in [0.29, 0.717) is 37.6 Å². The molecule has 148 valence electrons. The molecule has 1 aliphatic heterocycles. The van der Waals surface area contributed by atoms with Gasteiger partial charge in [0.25, 0.3) is 5.91 Å². The average molecular weight is 382 g/mol. The highest BCUT2D eigenvalue weighted by Crippen LogP contribution is 2.28. The minimum Gasteiger partial charge on any atom is -0.481 e. The first-order valence-corrected chi connectivity index (χ1v) is 9.48. The molecular formula is C22H26N2O4. The lowest BCUT2D eigenvalue weighted by Crippen LogP contribution is -2.38. The second kappa shape index (κ2) is 9.37. The van der Waals surface area contributed by atoms with E-state index in [9.17, 15) is 9.59 Å². The first kappa shape index (κ1) is 19.9. The average Bonchev–Trinajstić information content (AvgIpc) is 2.80. The van der Waals surface area contributed by atoms with Crippen molar-refractivity contribution in [1.82, 2.24) is 4.90 Å². The highest BCUT2D eigenvalue weighted by molar-refractivity contribution is 5.92. The van der Waals surface area contributed by atoms with Crippen LogP contribution in [0, 0.1) is 0 Å². The maximum atomic E-state index is 12.6. The van der Waals surface area contributed by atoms with E-state index in [1.54, 1.807) is 25.0 Å². The van der Waals surface area contributed by atoms with Gasteiger partial charge in [-0.15, -0.1) is 0 Å². The summed E-state index contributed by atoms with van der Waals surface area (Å²) in [5.74, 6) is 0.556. The van der Waals surface area contributed by atoms with Gasteiger partial charge in [-0.25, -0.2) is 0 Å². The molecule has 1 aliphatic rings. The third-order valence-corrected chi connectivity index (χ3v) is 4.65. The van der Waals surface area contributed by atoms with Gasteiger partial charge in [-0.3, -0.25) is 9.59 Å². The molecule has 0 radical (unpaired) electrons. The number of amides is 2. The third kappa shape index (κ3) is 5.10. The van der Waals surface area contributed by atoms with Gasteiger partial charge in [0.2, 0.25) is 5.91 Å². The number of carbonyl (C=O) groups excluding carboxylic acids is 2. The molecule has 1 N–H and O–H groups in total. The van der Waals surface area contributed by atoms with Crippen LogP contribution >= 0.6 is 0 Å². The van der Waals surface area contributed by atoms with Crippen LogP contribution in [-0.2, 0) is 27.3 Å². The van der Waals surface area contributed by atoms with Gasteiger partial charge in [0, 0.05) is 38.1 Å². The molecule has 0 unspecified atom stereocenters. The molecule has 3 rings (SSSR count). The first-order chi connectivity index (χ1) is 13.6. The lowest BCUT2D eigenvalue weighted by Gasteiger charge is -2.22. The highest BCUT2D eigenvalue weighted by atomic mass is 16.5. The normalized spacial score (nSPS) is 16.1. The highest BCUT2D eigenvalue weighted by Gasteiger charge is 2.27. The first-order valence-electron chi connectivity index (χ1n) is 9.48. The van der Waals surface area contributed by atoms with Crippen molar-refractivity contribution in [1.29, 1.82) is 0 Å². The minimum atomic E-state index is -0.540. The molecule has 0 spiro atoms. The molecule has 28 heavy (non-hydrogen) atoms. The van der Waals surface area contributed by atoms with E-state index in [1.807, 2.05) is 42.5 Å². The summed E-state index contributed by atoms with van der Waals surface area (Å²) in [5, 5.41) is 2.93. The smallest absolute Gasteiger partial charge is 0.263 e. The molecule has 0 saturated heterocycles. The summed E-state index contributed by atoms with van der Waals surface area (Å²) < 4.78 is 10.9. The fraction of sp³-hybridized carbons (Fsp3) is 0.364. The number of nitrogens with one attached hydrogen (secondary N) is 1. The molecule has 0 aromatic heterocycles. The van der Waals surface area contributed by atoms with E-state index in [2.05, 4.69) is 5.32 Å². The zero-order chi connectivity index (χ0) is 19.9. The fourth-order valence-electron chi connectivity index (χ4n) is 3.25. The molecule has 0 fully saturated rings. The van der Waals surface area contributed by atoms with E-state index in [4.69, 9.17) is 9.47 Å². The maximum Gasteiger partial charge on any atom is 0.263 e. The van der Waals surface area contributed by atoms with Crippen molar-refractivity contribution in [3.8, 4) is 5.75 Å². The second-order valence-electron chi connectivity index (χ2n) is 6.90. The predicted octanol–water partition coefficient (Wildman–Crippen LogP) is 3.01. The second-order valence-corrected chi connectivity index (χ2v) is 6.90. The Kier molecular flexibility index (Phi) is 6.66. The molecule has 2 amide bonds. The lowest BCUT2D eigenvalue weighted by molar-refractivity contribution is -0.137. The van der Waals surface area contributed by atoms with E-state index in [0.717, 1.165) is 17.5 Å². The Bertz CT molecular complexity index is 823. The molecule has 1 atom stereocenters. The topological polar surface area (TPSA) is 67.9 Å². The van der Waals surface area contributed by atoms with Crippen molar-refractivity contribution in [3.63, 3.8) is 0 Å². The Morgan fingerprint density at radius 3 is 2.79 bits per heavy atom. The van der Waals surface area contributed by atoms with E-state index < -0.39 is 6.10 Å². The number of hydrogen-bond donors (Lipinski definition) is 1. The van der Waals surface area contributed by atoms with Crippen molar-refractivity contribution >= 4 is 17.5 Å². The molecule has 0 saturated carbocycles. The van der Waals surface area contributed by atoms with Crippen molar-refractivity contribution in [2.45, 2.75) is 32.4 Å². The van der Waals surface area contributed by atoms with Crippen LogP contribution in [-0.4, -0.2) is 43.1 Å². The maximum absolute atomic E-state index is 12.6. The summed E-state index contributed by atoms with van der Waals surface area (Å²) in [5.41, 5.74) is 2.54. The van der Waals surface area contributed by atoms with Crippen LogP contribution in [0.2, 0.25) is 0 Å². The van der Waals surface area contributed by atoms with E-state index in [-0.39, 0.29) is 11.8 Å². The number of hydrogen-bond acceptors (Lipinski definition) is 4. The third-order valence-electron chi connectivity index (χ3n) is 4.65. The number of carbonyl (C=O) groups is 2. The fourth-order valence-corrected chi connectivity index (χ4v) is 3.25. The van der Waals surface area contributed by atoms with Gasteiger partial charge >= 0.3 is 0 Å². The molecule has 6 nitrogen and oxygen atoms in total. The van der Waals surface area contributed by atoms with Crippen LogP contribution in [0.25, 0.3) is 0 Å². The number of anilines is 1. The predicted molar refractivity (Wildman–Crippen MR) is 107 cm³/mol. The summed E-state index contributed by atoms with van der Waals surface area (Å²) >= 11 is 0. The van der Waals surface area contributed by atoms with Gasteiger partial charge in [0.15, 0.2) is 6.10 Å². The van der Waals surface area contributed by atoms with Gasteiger partial charge in [0.05, 0.1) is 6.42 Å². The quantitative estimate of drug-likeness (QED) is 0.748. The van der Waals surface area contributed by atoms with Gasteiger partial charge < -0.3 is 19.7 Å². The summed E-state index contributed by atoms with van der Waals surface area (Å²) in [6.07, 6.45) is 0.535. The molecule has 2 aromatic rings. The molecule has 0 aliphatic carbocycles. The Balaban J connectivity index is 1.71. The number of nitrogens with zero attached hydrogens (tertiary/aromatic N) is 1. The lowest BCUT2D eigenvalue weighted by atomic mass is 10.1. The standard InChI is InChI=1S/C22H26N2O4/c1-16-22(26)24(11-6-12-27-2)15-18-14-19(9-10-20(18)28-16)23-21(25)13-17-7-4-3-5-8-17/h3-5,7-10,14,16H,6,11-13,15H2,1-2H3,(H,23,25)/t16-/m0/s1. The SMILES string of the molecule is COCCCN1Cc2cc(NC(=O)Cc3ccccc3)ccc2O[C@@H](C)C1=O. The van der Waals surface area contributed by atoms with E-state index in [1.165, 1.54) is 0 Å². The summed E-state index contributed by atoms with van der Waals surface area (Å²) in [4.78, 5) is 26.7. The number of methoxy groups -OCH3 is 1. The van der Waals surface area contributed by atoms with Gasteiger partial charge in [-0.05, 0) is 37.1 Å². The van der Waals surface area contributed by atoms with E-state index >= 15 is 0 Å². The van der Waals surface area contributed by atoms with Crippen molar-refractivity contribution in [2.75, 3.05) is 25.6 Å². The van der Waals surface area contributed by atoms with Crippen LogP contribution in [0.15, 0.2) is 48.5 Å². The van der Waals surface area contributed by atoms with Crippen LogP contribution in [0.5, 0.6) is 5.75 Å². The van der Waals surface area contributed by atoms with Gasteiger partial charge in [0.1, 0.15) is 5.75 Å². The Morgan fingerprint density at radius 1 is 1.25 bits per heavy atom. The van der Waals surface area contributed by atoms with Gasteiger partial charge in [-0.1, -0.05) is 30.3 Å². The van der Waals surface area contributed by atoms with Gasteiger partial charge in [-0.2, -0.15) is 0 Å².